The van der Waals surface area contributed by atoms with Gasteiger partial charge in [-0.25, -0.2) is 4.79 Å². The highest BCUT2D eigenvalue weighted by Gasteiger charge is 2.07. The van der Waals surface area contributed by atoms with Crippen LogP contribution in [-0.2, 0) is 0 Å². The molecular weight excluding hydrogens is 276 g/mol. The van der Waals surface area contributed by atoms with E-state index in [-0.39, 0.29) is 5.97 Å². The molecule has 0 saturated heterocycles. The lowest BCUT2D eigenvalue weighted by Gasteiger charge is -2.05. The average molecular weight is 290 g/mol. The highest BCUT2D eigenvalue weighted by molar-refractivity contribution is 5.91. The molecule has 1 N–H and O–H groups in total. The van der Waals surface area contributed by atoms with Crippen LogP contribution in [0.5, 0.6) is 5.75 Å². The Morgan fingerprint density at radius 2 is 1.82 bits per heavy atom. The number of H-pyrrole nitrogens is 1. The Labute approximate surface area is 128 Å². The Morgan fingerprint density at radius 1 is 1.00 bits per heavy atom. The first-order chi connectivity index (χ1) is 10.8. The van der Waals surface area contributed by atoms with Crippen LogP contribution in [0.4, 0.5) is 0 Å². The van der Waals surface area contributed by atoms with Crippen molar-refractivity contribution in [1.29, 1.82) is 0 Å². The van der Waals surface area contributed by atoms with Crippen molar-refractivity contribution < 1.29 is 9.53 Å². The molecule has 0 saturated carbocycles. The Balaban J connectivity index is 1.73. The smallest absolute Gasteiger partial charge is 0.343 e. The third-order valence-electron chi connectivity index (χ3n) is 3.07. The third kappa shape index (κ3) is 3.49. The maximum atomic E-state index is 12.0. The quantitative estimate of drug-likeness (QED) is 0.587. The number of hydrogen-bond donors (Lipinski definition) is 1. The average Bonchev–Trinajstić information content (AvgIpc) is 3.08. The van der Waals surface area contributed by atoms with Gasteiger partial charge in [0.25, 0.3) is 0 Å². The van der Waals surface area contributed by atoms with Gasteiger partial charge >= 0.3 is 5.97 Å². The van der Waals surface area contributed by atoms with Crippen LogP contribution in [0.2, 0.25) is 0 Å². The Hall–Kier alpha value is -3.14. The summed E-state index contributed by atoms with van der Waals surface area (Å²) >= 11 is 0. The Bertz CT molecular complexity index is 778. The molecular formula is C18H14N2O2. The van der Waals surface area contributed by atoms with Crippen molar-refractivity contribution in [3.63, 3.8) is 0 Å². The molecule has 4 nitrogen and oxygen atoms in total. The number of aromatic amines is 1. The van der Waals surface area contributed by atoms with E-state index in [9.17, 15) is 4.79 Å². The SMILES string of the molecule is O=C(Oc1cccc(/C=C/c2cn[nH]c2)c1)c1ccccc1. The van der Waals surface area contributed by atoms with E-state index in [0.717, 1.165) is 11.1 Å². The van der Waals surface area contributed by atoms with E-state index in [1.165, 1.54) is 0 Å². The molecule has 0 radical (unpaired) electrons. The molecule has 108 valence electrons. The number of rotatable bonds is 4. The van der Waals surface area contributed by atoms with Gasteiger partial charge in [-0.15, -0.1) is 0 Å². The molecule has 1 heterocycles. The molecule has 4 heteroatoms. The Morgan fingerprint density at radius 3 is 2.59 bits per heavy atom. The zero-order valence-corrected chi connectivity index (χ0v) is 11.8. The number of carbonyl (C=O) groups is 1. The summed E-state index contributed by atoms with van der Waals surface area (Å²) in [5.41, 5.74) is 2.45. The molecule has 22 heavy (non-hydrogen) atoms. The summed E-state index contributed by atoms with van der Waals surface area (Å²) in [6.07, 6.45) is 7.40. The van der Waals surface area contributed by atoms with Gasteiger partial charge in [-0.2, -0.15) is 5.10 Å². The van der Waals surface area contributed by atoms with Crippen LogP contribution in [0.3, 0.4) is 0 Å². The van der Waals surface area contributed by atoms with Gasteiger partial charge in [0.1, 0.15) is 5.75 Å². The lowest BCUT2D eigenvalue weighted by molar-refractivity contribution is 0.0735. The number of nitrogens with one attached hydrogen (secondary N) is 1. The number of benzene rings is 2. The van der Waals surface area contributed by atoms with Gasteiger partial charge in [-0.05, 0) is 29.8 Å². The van der Waals surface area contributed by atoms with Gasteiger partial charge < -0.3 is 4.74 Å². The van der Waals surface area contributed by atoms with E-state index in [1.807, 2.05) is 36.4 Å². The maximum absolute atomic E-state index is 12.0. The van der Waals surface area contributed by atoms with Gasteiger partial charge in [0.05, 0.1) is 11.8 Å². The highest BCUT2D eigenvalue weighted by Crippen LogP contribution is 2.17. The molecule has 0 fully saturated rings. The largest absolute Gasteiger partial charge is 0.423 e. The monoisotopic (exact) mass is 290 g/mol. The molecule has 0 amide bonds. The van der Waals surface area contributed by atoms with Crippen molar-refractivity contribution in [1.82, 2.24) is 10.2 Å². The molecule has 0 aliphatic heterocycles. The summed E-state index contributed by atoms with van der Waals surface area (Å²) in [6.45, 7) is 0. The van der Waals surface area contributed by atoms with E-state index >= 15 is 0 Å². The van der Waals surface area contributed by atoms with Gasteiger partial charge in [-0.1, -0.05) is 42.5 Å². The summed E-state index contributed by atoms with van der Waals surface area (Å²) in [5, 5.41) is 6.63. The lowest BCUT2D eigenvalue weighted by Crippen LogP contribution is -2.08. The molecule has 3 aromatic rings. The number of hydrogen-bond acceptors (Lipinski definition) is 3. The third-order valence-corrected chi connectivity index (χ3v) is 3.07. The summed E-state index contributed by atoms with van der Waals surface area (Å²) in [4.78, 5) is 12.0. The van der Waals surface area contributed by atoms with Crippen LogP contribution in [0, 0.1) is 0 Å². The van der Waals surface area contributed by atoms with Gasteiger partial charge in [0.15, 0.2) is 0 Å². The predicted octanol–water partition coefficient (Wildman–Crippen LogP) is 3.80. The van der Waals surface area contributed by atoms with Crippen LogP contribution in [0.1, 0.15) is 21.5 Å². The number of aromatic nitrogens is 2. The number of nitrogens with zero attached hydrogens (tertiary/aromatic N) is 1. The van der Waals surface area contributed by atoms with E-state index in [2.05, 4.69) is 10.2 Å². The molecule has 3 rings (SSSR count). The van der Waals surface area contributed by atoms with Crippen LogP contribution in [0.15, 0.2) is 67.0 Å². The number of esters is 1. The second-order valence-corrected chi connectivity index (χ2v) is 4.69. The predicted molar refractivity (Wildman–Crippen MR) is 85.4 cm³/mol. The van der Waals surface area contributed by atoms with Gasteiger partial charge in [0.2, 0.25) is 0 Å². The first-order valence-electron chi connectivity index (χ1n) is 6.85. The zero-order chi connectivity index (χ0) is 15.2. The molecule has 0 aliphatic carbocycles. The first-order valence-corrected chi connectivity index (χ1v) is 6.85. The van der Waals surface area contributed by atoms with Gasteiger partial charge in [0, 0.05) is 11.8 Å². The van der Waals surface area contributed by atoms with Crippen molar-refractivity contribution in [3.05, 3.63) is 83.7 Å². The summed E-state index contributed by atoms with van der Waals surface area (Å²) < 4.78 is 5.39. The van der Waals surface area contributed by atoms with E-state index in [0.29, 0.717) is 11.3 Å². The lowest BCUT2D eigenvalue weighted by atomic mass is 10.2. The van der Waals surface area contributed by atoms with Crippen LogP contribution < -0.4 is 4.74 Å². The minimum Gasteiger partial charge on any atom is -0.423 e. The number of ether oxygens (including phenoxy) is 1. The standard InChI is InChI=1S/C18H14N2O2/c21-18(16-6-2-1-3-7-16)22-17-8-4-5-14(11-17)9-10-15-12-19-20-13-15/h1-13H,(H,19,20)/b10-9+. The zero-order valence-electron chi connectivity index (χ0n) is 11.8. The van der Waals surface area contributed by atoms with Crippen molar-refractivity contribution in [2.75, 3.05) is 0 Å². The van der Waals surface area contributed by atoms with Crippen molar-refractivity contribution in [2.24, 2.45) is 0 Å². The molecule has 0 bridgehead atoms. The summed E-state index contributed by atoms with van der Waals surface area (Å²) in [6, 6.07) is 16.3. The normalized spacial score (nSPS) is 10.7. The highest BCUT2D eigenvalue weighted by atomic mass is 16.5. The van der Waals surface area contributed by atoms with E-state index in [1.54, 1.807) is 42.7 Å². The fourth-order valence-corrected chi connectivity index (χ4v) is 1.97. The number of carbonyl (C=O) groups excluding carboxylic acids is 1. The molecule has 0 spiro atoms. The molecule has 0 atom stereocenters. The minimum atomic E-state index is -0.364. The van der Waals surface area contributed by atoms with Crippen molar-refractivity contribution in [2.45, 2.75) is 0 Å². The van der Waals surface area contributed by atoms with E-state index < -0.39 is 0 Å². The maximum Gasteiger partial charge on any atom is 0.343 e. The topological polar surface area (TPSA) is 55.0 Å². The minimum absolute atomic E-state index is 0.364. The molecule has 0 unspecified atom stereocenters. The van der Waals surface area contributed by atoms with Crippen molar-refractivity contribution in [3.8, 4) is 5.75 Å². The summed E-state index contributed by atoms with van der Waals surface area (Å²) in [5.74, 6) is 0.153. The first kappa shape index (κ1) is 13.8. The fourth-order valence-electron chi connectivity index (χ4n) is 1.97. The second kappa shape index (κ2) is 6.54. The molecule has 1 aromatic heterocycles. The van der Waals surface area contributed by atoms with E-state index in [4.69, 9.17) is 4.74 Å². The van der Waals surface area contributed by atoms with Gasteiger partial charge in [-0.3, -0.25) is 5.10 Å². The van der Waals surface area contributed by atoms with Crippen molar-refractivity contribution >= 4 is 18.1 Å². The Kier molecular flexibility index (Phi) is 4.11. The van der Waals surface area contributed by atoms with Crippen LogP contribution >= 0.6 is 0 Å². The second-order valence-electron chi connectivity index (χ2n) is 4.69. The van der Waals surface area contributed by atoms with Crippen LogP contribution in [0.25, 0.3) is 12.2 Å². The fraction of sp³-hybridized carbons (Fsp3) is 0. The molecule has 2 aromatic carbocycles. The molecule has 0 aliphatic rings. The summed E-state index contributed by atoms with van der Waals surface area (Å²) in [7, 11) is 0. The van der Waals surface area contributed by atoms with Crippen LogP contribution in [-0.4, -0.2) is 16.2 Å².